The molecule has 2 aromatic rings. The molecule has 102 valence electrons. The highest BCUT2D eigenvalue weighted by molar-refractivity contribution is 9.10. The Hall–Kier alpha value is -1.27. The van der Waals surface area contributed by atoms with E-state index in [9.17, 15) is 0 Å². The number of pyridine rings is 1. The van der Waals surface area contributed by atoms with E-state index in [-0.39, 0.29) is 6.10 Å². The predicted molar refractivity (Wildman–Crippen MR) is 83.8 cm³/mol. The molecular formula is C13H16BrN3OS. The van der Waals surface area contributed by atoms with E-state index in [4.69, 9.17) is 10.5 Å². The second-order valence-corrected chi connectivity index (χ2v) is 6.25. The number of nitrogens with two attached hydrogens (primary N) is 1. The first kappa shape index (κ1) is 14.1. The first-order valence-corrected chi connectivity index (χ1v) is 7.62. The molecule has 0 fully saturated rings. The summed E-state index contributed by atoms with van der Waals surface area (Å²) in [6.45, 7) is 4.63. The van der Waals surface area contributed by atoms with Gasteiger partial charge in [-0.05, 0) is 48.0 Å². The van der Waals surface area contributed by atoms with Crippen LogP contribution in [0.25, 0.3) is 0 Å². The van der Waals surface area contributed by atoms with Gasteiger partial charge in [0.2, 0.25) is 5.88 Å². The van der Waals surface area contributed by atoms with Crippen LogP contribution in [0.2, 0.25) is 0 Å². The van der Waals surface area contributed by atoms with E-state index in [1.165, 1.54) is 4.88 Å². The van der Waals surface area contributed by atoms with Gasteiger partial charge in [0.1, 0.15) is 5.82 Å². The van der Waals surface area contributed by atoms with Crippen molar-refractivity contribution in [3.63, 3.8) is 0 Å². The molecule has 0 radical (unpaired) electrons. The molecule has 2 rings (SSSR count). The van der Waals surface area contributed by atoms with Crippen molar-refractivity contribution in [2.75, 3.05) is 11.1 Å². The van der Waals surface area contributed by atoms with E-state index in [1.807, 2.05) is 19.9 Å². The Balaban J connectivity index is 2.04. The maximum Gasteiger partial charge on any atom is 0.239 e. The number of aromatic nitrogens is 1. The summed E-state index contributed by atoms with van der Waals surface area (Å²) < 4.78 is 6.66. The van der Waals surface area contributed by atoms with E-state index in [2.05, 4.69) is 37.7 Å². The fraction of sp³-hybridized carbons (Fsp3) is 0.308. The summed E-state index contributed by atoms with van der Waals surface area (Å²) in [5.41, 5.74) is 6.38. The molecule has 0 unspecified atom stereocenters. The highest BCUT2D eigenvalue weighted by atomic mass is 79.9. The van der Waals surface area contributed by atoms with Gasteiger partial charge in [-0.15, -0.1) is 11.3 Å². The second kappa shape index (κ2) is 6.25. The number of rotatable bonds is 5. The molecule has 0 saturated heterocycles. The quantitative estimate of drug-likeness (QED) is 0.866. The molecule has 0 bridgehead atoms. The summed E-state index contributed by atoms with van der Waals surface area (Å²) in [7, 11) is 0. The zero-order valence-electron chi connectivity index (χ0n) is 10.8. The Labute approximate surface area is 125 Å². The van der Waals surface area contributed by atoms with Crippen molar-refractivity contribution in [1.29, 1.82) is 0 Å². The average Bonchev–Trinajstić information content (AvgIpc) is 2.75. The molecule has 0 atom stereocenters. The number of hydrogen-bond donors (Lipinski definition) is 2. The van der Waals surface area contributed by atoms with E-state index >= 15 is 0 Å². The average molecular weight is 342 g/mol. The number of nitrogens with zero attached hydrogens (tertiary/aromatic N) is 1. The topological polar surface area (TPSA) is 60.2 Å². The highest BCUT2D eigenvalue weighted by Gasteiger charge is 2.06. The van der Waals surface area contributed by atoms with Gasteiger partial charge in [-0.3, -0.25) is 0 Å². The van der Waals surface area contributed by atoms with Crippen molar-refractivity contribution in [2.45, 2.75) is 26.5 Å². The molecule has 0 saturated carbocycles. The van der Waals surface area contributed by atoms with Crippen molar-refractivity contribution in [2.24, 2.45) is 0 Å². The Kier molecular flexibility index (Phi) is 4.66. The van der Waals surface area contributed by atoms with Crippen molar-refractivity contribution in [1.82, 2.24) is 4.98 Å². The van der Waals surface area contributed by atoms with Crippen molar-refractivity contribution in [3.8, 4) is 5.88 Å². The van der Waals surface area contributed by atoms with Gasteiger partial charge >= 0.3 is 0 Å². The first-order valence-electron chi connectivity index (χ1n) is 5.94. The normalized spacial score (nSPS) is 10.7. The van der Waals surface area contributed by atoms with Crippen molar-refractivity contribution < 1.29 is 4.74 Å². The van der Waals surface area contributed by atoms with Crippen molar-refractivity contribution >= 4 is 38.8 Å². The predicted octanol–water partition coefficient (Wildman–Crippen LogP) is 3.89. The smallest absolute Gasteiger partial charge is 0.239 e. The maximum absolute atomic E-state index is 5.83. The number of thiophene rings is 1. The molecule has 4 nitrogen and oxygen atoms in total. The van der Waals surface area contributed by atoms with E-state index in [0.717, 1.165) is 16.8 Å². The van der Waals surface area contributed by atoms with Gasteiger partial charge in [0.25, 0.3) is 0 Å². The van der Waals surface area contributed by atoms with Gasteiger partial charge < -0.3 is 15.8 Å². The molecule has 0 aliphatic heterocycles. The van der Waals surface area contributed by atoms with E-state index in [0.29, 0.717) is 11.6 Å². The van der Waals surface area contributed by atoms with Crippen LogP contribution in [0.15, 0.2) is 28.1 Å². The highest BCUT2D eigenvalue weighted by Crippen LogP contribution is 2.24. The minimum atomic E-state index is 0.0540. The zero-order chi connectivity index (χ0) is 13.8. The van der Waals surface area contributed by atoms with Crippen LogP contribution in [0, 0.1) is 0 Å². The van der Waals surface area contributed by atoms with Crippen LogP contribution in [0.1, 0.15) is 18.7 Å². The van der Waals surface area contributed by atoms with Gasteiger partial charge in [0, 0.05) is 14.7 Å². The molecule has 6 heteroatoms. The Bertz CT molecular complexity index is 557. The van der Waals surface area contributed by atoms with Crippen molar-refractivity contribution in [3.05, 3.63) is 32.9 Å². The molecule has 0 aromatic carbocycles. The largest absolute Gasteiger partial charge is 0.473 e. The van der Waals surface area contributed by atoms with Gasteiger partial charge in [-0.25, -0.2) is 0 Å². The van der Waals surface area contributed by atoms with Crippen LogP contribution in [-0.4, -0.2) is 11.1 Å². The van der Waals surface area contributed by atoms with Gasteiger partial charge in [-0.1, -0.05) is 0 Å². The zero-order valence-corrected chi connectivity index (χ0v) is 13.2. The standard InChI is InChI=1S/C13H16BrN3OS/c1-8(2)18-13-11(15)3-4-12(17-13)16-6-10-5-9(14)7-19-10/h3-5,7-8H,6,15H2,1-2H3,(H,16,17). The summed E-state index contributed by atoms with van der Waals surface area (Å²) in [5.74, 6) is 1.24. The Morgan fingerprint density at radius 2 is 2.26 bits per heavy atom. The third-order valence-corrected chi connectivity index (χ3v) is 4.00. The van der Waals surface area contributed by atoms with Crippen LogP contribution in [-0.2, 0) is 6.54 Å². The van der Waals surface area contributed by atoms with Crippen LogP contribution in [0.5, 0.6) is 5.88 Å². The molecule has 2 aromatic heterocycles. The van der Waals surface area contributed by atoms with Crippen LogP contribution in [0.3, 0.4) is 0 Å². The summed E-state index contributed by atoms with van der Waals surface area (Å²) in [6.07, 6.45) is 0.0540. The lowest BCUT2D eigenvalue weighted by molar-refractivity contribution is 0.234. The fourth-order valence-electron chi connectivity index (χ4n) is 1.49. The summed E-state index contributed by atoms with van der Waals surface area (Å²) in [5, 5.41) is 5.31. The fourth-order valence-corrected chi connectivity index (χ4v) is 2.88. The van der Waals surface area contributed by atoms with Gasteiger partial charge in [0.15, 0.2) is 0 Å². The molecule has 3 N–H and O–H groups in total. The Morgan fingerprint density at radius 3 is 2.89 bits per heavy atom. The van der Waals surface area contributed by atoms with Crippen LogP contribution < -0.4 is 15.8 Å². The molecule has 2 heterocycles. The number of hydrogen-bond acceptors (Lipinski definition) is 5. The van der Waals surface area contributed by atoms with E-state index < -0.39 is 0 Å². The third-order valence-electron chi connectivity index (χ3n) is 2.30. The van der Waals surface area contributed by atoms with E-state index in [1.54, 1.807) is 17.4 Å². The summed E-state index contributed by atoms with van der Waals surface area (Å²) in [6, 6.07) is 5.74. The lowest BCUT2D eigenvalue weighted by Crippen LogP contribution is -2.10. The van der Waals surface area contributed by atoms with Crippen LogP contribution >= 0.6 is 27.3 Å². The molecule has 19 heavy (non-hydrogen) atoms. The number of halogens is 1. The molecule has 0 aliphatic carbocycles. The van der Waals surface area contributed by atoms with Gasteiger partial charge in [0.05, 0.1) is 18.3 Å². The second-order valence-electron chi connectivity index (χ2n) is 4.34. The Morgan fingerprint density at radius 1 is 1.47 bits per heavy atom. The number of nitrogen functional groups attached to an aromatic ring is 1. The lowest BCUT2D eigenvalue weighted by Gasteiger charge is -2.12. The van der Waals surface area contributed by atoms with Crippen LogP contribution in [0.4, 0.5) is 11.5 Å². The summed E-state index contributed by atoms with van der Waals surface area (Å²) >= 11 is 5.13. The van der Waals surface area contributed by atoms with Gasteiger partial charge in [-0.2, -0.15) is 4.98 Å². The number of nitrogens with one attached hydrogen (secondary N) is 1. The third kappa shape index (κ3) is 4.11. The maximum atomic E-state index is 5.83. The minimum Gasteiger partial charge on any atom is -0.473 e. The molecule has 0 spiro atoms. The molecule has 0 aliphatic rings. The number of anilines is 2. The number of ether oxygens (including phenoxy) is 1. The lowest BCUT2D eigenvalue weighted by atomic mass is 10.3. The summed E-state index contributed by atoms with van der Waals surface area (Å²) in [4.78, 5) is 5.60. The molecule has 0 amide bonds. The molecular weight excluding hydrogens is 326 g/mol. The minimum absolute atomic E-state index is 0.0540. The first-order chi connectivity index (χ1) is 9.04. The monoisotopic (exact) mass is 341 g/mol. The SMILES string of the molecule is CC(C)Oc1nc(NCc2cc(Br)cs2)ccc1N.